The van der Waals surface area contributed by atoms with Crippen LogP contribution in [0.15, 0.2) is 34.5 Å². The smallest absolute Gasteiger partial charge is 0.202 e. The van der Waals surface area contributed by atoms with E-state index in [2.05, 4.69) is 15.9 Å². The second-order valence-electron chi connectivity index (χ2n) is 2.71. The second kappa shape index (κ2) is 2.90. The summed E-state index contributed by atoms with van der Waals surface area (Å²) in [5, 5.41) is 0. The topological polar surface area (TPSA) is 26.3 Å². The van der Waals surface area contributed by atoms with Crippen molar-refractivity contribution < 1.29 is 9.53 Å². The van der Waals surface area contributed by atoms with Crippen LogP contribution in [-0.2, 0) is 9.53 Å². The zero-order chi connectivity index (χ0) is 8.55. The van der Waals surface area contributed by atoms with Crippen molar-refractivity contribution in [3.8, 4) is 0 Å². The standard InChI is InChI=1S/C9H7BrO2/c10-7-5-12-8-4-2-1-3-6(8)9(7)11/h1-3,5,8H,4H2. The second-order valence-corrected chi connectivity index (χ2v) is 3.56. The molecule has 0 aromatic rings. The molecule has 1 heterocycles. The van der Waals surface area contributed by atoms with Crippen molar-refractivity contribution in [2.24, 2.45) is 0 Å². The Morgan fingerprint density at radius 1 is 1.58 bits per heavy atom. The van der Waals surface area contributed by atoms with Gasteiger partial charge in [-0.1, -0.05) is 18.2 Å². The van der Waals surface area contributed by atoms with E-state index in [1.54, 1.807) is 0 Å². The van der Waals surface area contributed by atoms with E-state index in [-0.39, 0.29) is 11.9 Å². The van der Waals surface area contributed by atoms with Crippen molar-refractivity contribution in [3.63, 3.8) is 0 Å². The maximum atomic E-state index is 11.5. The largest absolute Gasteiger partial charge is 0.492 e. The van der Waals surface area contributed by atoms with Gasteiger partial charge < -0.3 is 4.74 Å². The molecule has 0 aromatic carbocycles. The predicted octanol–water partition coefficient (Wildman–Crippen LogP) is 2.08. The number of halogens is 1. The molecule has 0 N–H and O–H groups in total. The van der Waals surface area contributed by atoms with Gasteiger partial charge in [-0.05, 0) is 15.9 Å². The molecule has 2 aliphatic rings. The summed E-state index contributed by atoms with van der Waals surface area (Å²) in [5.41, 5.74) is 0.742. The van der Waals surface area contributed by atoms with Crippen LogP contribution in [0.4, 0.5) is 0 Å². The lowest BCUT2D eigenvalue weighted by Crippen LogP contribution is -2.25. The zero-order valence-corrected chi connectivity index (χ0v) is 7.87. The lowest BCUT2D eigenvalue weighted by atomic mass is 9.96. The van der Waals surface area contributed by atoms with Crippen LogP contribution in [0.1, 0.15) is 6.42 Å². The quantitative estimate of drug-likeness (QED) is 0.633. The molecule has 3 heteroatoms. The van der Waals surface area contributed by atoms with Crippen LogP contribution in [0.3, 0.4) is 0 Å². The molecule has 0 spiro atoms. The minimum absolute atomic E-state index is 0.0376. The lowest BCUT2D eigenvalue weighted by molar-refractivity contribution is -0.113. The fourth-order valence-electron chi connectivity index (χ4n) is 1.29. The summed E-state index contributed by atoms with van der Waals surface area (Å²) in [6.07, 6.45) is 7.89. The minimum atomic E-state index is -0.0659. The van der Waals surface area contributed by atoms with E-state index >= 15 is 0 Å². The number of ether oxygens (including phenoxy) is 1. The molecule has 2 nitrogen and oxygen atoms in total. The summed E-state index contributed by atoms with van der Waals surface area (Å²) in [4.78, 5) is 11.5. The summed E-state index contributed by atoms with van der Waals surface area (Å²) in [5.74, 6) is 0.0376. The number of ketones is 1. The molecule has 0 saturated heterocycles. The third kappa shape index (κ3) is 1.14. The van der Waals surface area contributed by atoms with Gasteiger partial charge in [0.15, 0.2) is 0 Å². The number of Topliss-reactive ketones (excluding diaryl/α,β-unsaturated/α-hetero) is 1. The maximum absolute atomic E-state index is 11.5. The van der Waals surface area contributed by atoms with E-state index in [4.69, 9.17) is 4.74 Å². The molecule has 1 aliphatic heterocycles. The number of hydrogen-bond acceptors (Lipinski definition) is 2. The van der Waals surface area contributed by atoms with Gasteiger partial charge in [0.25, 0.3) is 0 Å². The first-order valence-electron chi connectivity index (χ1n) is 3.71. The molecule has 0 saturated carbocycles. The summed E-state index contributed by atoms with van der Waals surface area (Å²) < 4.78 is 5.82. The van der Waals surface area contributed by atoms with Crippen molar-refractivity contribution >= 4 is 21.7 Å². The average Bonchev–Trinajstić information content (AvgIpc) is 2.12. The summed E-state index contributed by atoms with van der Waals surface area (Å²) in [7, 11) is 0. The third-order valence-corrected chi connectivity index (χ3v) is 2.47. The Hall–Kier alpha value is -0.830. The van der Waals surface area contributed by atoms with E-state index < -0.39 is 0 Å². The average molecular weight is 227 g/mol. The molecule has 1 atom stereocenters. The predicted molar refractivity (Wildman–Crippen MR) is 48.7 cm³/mol. The van der Waals surface area contributed by atoms with Crippen LogP contribution in [0.25, 0.3) is 0 Å². The maximum Gasteiger partial charge on any atom is 0.202 e. The normalized spacial score (nSPS) is 27.1. The highest BCUT2D eigenvalue weighted by atomic mass is 79.9. The molecule has 0 radical (unpaired) electrons. The number of hydrogen-bond donors (Lipinski definition) is 0. The van der Waals surface area contributed by atoms with Crippen molar-refractivity contribution in [1.29, 1.82) is 0 Å². The van der Waals surface area contributed by atoms with Gasteiger partial charge in [-0.15, -0.1) is 0 Å². The van der Waals surface area contributed by atoms with Crippen LogP contribution in [0.2, 0.25) is 0 Å². The first-order valence-corrected chi connectivity index (χ1v) is 4.51. The number of rotatable bonds is 0. The van der Waals surface area contributed by atoms with E-state index in [0.29, 0.717) is 4.48 Å². The van der Waals surface area contributed by atoms with Crippen LogP contribution in [0, 0.1) is 0 Å². The molecule has 0 aromatic heterocycles. The Bertz CT molecular complexity index is 312. The lowest BCUT2D eigenvalue weighted by Gasteiger charge is -2.23. The molecule has 12 heavy (non-hydrogen) atoms. The Labute approximate surface area is 78.7 Å². The van der Waals surface area contributed by atoms with Gasteiger partial charge >= 0.3 is 0 Å². The van der Waals surface area contributed by atoms with E-state index in [0.717, 1.165) is 12.0 Å². The van der Waals surface area contributed by atoms with Gasteiger partial charge in [0.1, 0.15) is 12.4 Å². The van der Waals surface area contributed by atoms with E-state index in [1.165, 1.54) is 6.26 Å². The highest BCUT2D eigenvalue weighted by Gasteiger charge is 2.27. The number of fused-ring (bicyclic) bond motifs is 1. The molecule has 62 valence electrons. The Balaban J connectivity index is 2.39. The summed E-state index contributed by atoms with van der Waals surface area (Å²) in [6, 6.07) is 0. The van der Waals surface area contributed by atoms with Gasteiger partial charge in [0.05, 0.1) is 4.48 Å². The van der Waals surface area contributed by atoms with Crippen LogP contribution < -0.4 is 0 Å². The molecule has 0 bridgehead atoms. The van der Waals surface area contributed by atoms with E-state index in [9.17, 15) is 4.79 Å². The van der Waals surface area contributed by atoms with Crippen LogP contribution >= 0.6 is 15.9 Å². The van der Waals surface area contributed by atoms with Gasteiger partial charge in [-0.2, -0.15) is 0 Å². The molecular formula is C9H7BrO2. The van der Waals surface area contributed by atoms with Crippen LogP contribution in [-0.4, -0.2) is 11.9 Å². The Morgan fingerprint density at radius 3 is 3.25 bits per heavy atom. The molecule has 1 aliphatic carbocycles. The molecular weight excluding hydrogens is 220 g/mol. The van der Waals surface area contributed by atoms with Crippen molar-refractivity contribution in [1.82, 2.24) is 0 Å². The van der Waals surface area contributed by atoms with Crippen molar-refractivity contribution in [3.05, 3.63) is 34.5 Å². The van der Waals surface area contributed by atoms with Gasteiger partial charge in [-0.25, -0.2) is 0 Å². The fraction of sp³-hybridized carbons (Fsp3) is 0.222. The highest BCUT2D eigenvalue weighted by Crippen LogP contribution is 2.27. The van der Waals surface area contributed by atoms with Crippen molar-refractivity contribution in [2.75, 3.05) is 0 Å². The Kier molecular flexibility index (Phi) is 1.89. The van der Waals surface area contributed by atoms with Crippen LogP contribution in [0.5, 0.6) is 0 Å². The van der Waals surface area contributed by atoms with Gasteiger partial charge in [-0.3, -0.25) is 4.79 Å². The van der Waals surface area contributed by atoms with Gasteiger partial charge in [0.2, 0.25) is 5.78 Å². The number of carbonyl (C=O) groups is 1. The monoisotopic (exact) mass is 226 g/mol. The van der Waals surface area contributed by atoms with E-state index in [1.807, 2.05) is 18.2 Å². The first kappa shape index (κ1) is 7.80. The number of allylic oxidation sites excluding steroid dienone is 3. The molecule has 2 rings (SSSR count). The molecule has 1 unspecified atom stereocenters. The first-order chi connectivity index (χ1) is 5.79. The summed E-state index contributed by atoms with van der Waals surface area (Å²) >= 11 is 3.14. The minimum Gasteiger partial charge on any atom is -0.492 e. The van der Waals surface area contributed by atoms with Crippen molar-refractivity contribution in [2.45, 2.75) is 12.5 Å². The van der Waals surface area contributed by atoms with Gasteiger partial charge in [0, 0.05) is 12.0 Å². The summed E-state index contributed by atoms with van der Waals surface area (Å²) in [6.45, 7) is 0. The number of carbonyl (C=O) groups excluding carboxylic acids is 1. The third-order valence-electron chi connectivity index (χ3n) is 1.92. The molecule has 0 fully saturated rings. The zero-order valence-electron chi connectivity index (χ0n) is 6.29. The fourth-order valence-corrected chi connectivity index (χ4v) is 1.63. The highest BCUT2D eigenvalue weighted by molar-refractivity contribution is 9.12. The Morgan fingerprint density at radius 2 is 2.42 bits per heavy atom. The molecule has 0 amide bonds. The SMILES string of the molecule is O=C1C(Br)=COC2CC=CC=C12.